The van der Waals surface area contributed by atoms with Crippen molar-refractivity contribution in [3.8, 4) is 11.3 Å². The third-order valence-corrected chi connectivity index (χ3v) is 4.57. The summed E-state index contributed by atoms with van der Waals surface area (Å²) >= 11 is 0. The first kappa shape index (κ1) is 20.7. The van der Waals surface area contributed by atoms with Gasteiger partial charge in [-0.1, -0.05) is 50.2 Å². The Balaban J connectivity index is 1.62. The van der Waals surface area contributed by atoms with Gasteiger partial charge in [0.05, 0.1) is 17.8 Å². The van der Waals surface area contributed by atoms with Gasteiger partial charge in [0.2, 0.25) is 5.91 Å². The van der Waals surface area contributed by atoms with Crippen molar-refractivity contribution in [1.29, 1.82) is 0 Å². The Bertz CT molecular complexity index is 934. The largest absolute Gasteiger partial charge is 0.441 e. The molecule has 6 heteroatoms. The van der Waals surface area contributed by atoms with E-state index in [-0.39, 0.29) is 42.0 Å². The average Bonchev–Trinajstić information content (AvgIpc) is 3.15. The van der Waals surface area contributed by atoms with Crippen LogP contribution in [-0.2, 0) is 11.2 Å². The van der Waals surface area contributed by atoms with Crippen LogP contribution >= 0.6 is 0 Å². The van der Waals surface area contributed by atoms with Crippen LogP contribution in [0, 0.1) is 17.6 Å². The molecule has 4 nitrogen and oxygen atoms in total. The van der Waals surface area contributed by atoms with Gasteiger partial charge in [0.15, 0.2) is 11.7 Å². The van der Waals surface area contributed by atoms with Crippen molar-refractivity contribution < 1.29 is 18.0 Å². The topological polar surface area (TPSA) is 55.1 Å². The van der Waals surface area contributed by atoms with Gasteiger partial charge in [0.1, 0.15) is 11.6 Å². The molecule has 1 aromatic heterocycles. The number of nitrogens with zero attached hydrogens (tertiary/aromatic N) is 1. The van der Waals surface area contributed by atoms with E-state index in [4.69, 9.17) is 4.42 Å². The van der Waals surface area contributed by atoms with Gasteiger partial charge in [-0.2, -0.15) is 0 Å². The highest BCUT2D eigenvalue weighted by molar-refractivity contribution is 5.76. The van der Waals surface area contributed by atoms with Gasteiger partial charge in [-0.05, 0) is 30.0 Å². The van der Waals surface area contributed by atoms with Gasteiger partial charge in [0.25, 0.3) is 0 Å². The maximum absolute atomic E-state index is 13.9. The zero-order chi connectivity index (χ0) is 20.8. The quantitative estimate of drug-likeness (QED) is 0.548. The monoisotopic (exact) mass is 398 g/mol. The number of benzene rings is 2. The zero-order valence-corrected chi connectivity index (χ0v) is 16.5. The molecule has 0 aliphatic carbocycles. The Morgan fingerprint density at radius 1 is 1.07 bits per heavy atom. The van der Waals surface area contributed by atoms with Gasteiger partial charge < -0.3 is 9.73 Å². The molecule has 0 aliphatic rings. The molecule has 3 aromatic rings. The fourth-order valence-electron chi connectivity index (χ4n) is 3.20. The summed E-state index contributed by atoms with van der Waals surface area (Å²) in [5.74, 6) is -0.868. The van der Waals surface area contributed by atoms with Gasteiger partial charge in [0, 0.05) is 12.8 Å². The highest BCUT2D eigenvalue weighted by Crippen LogP contribution is 2.27. The minimum absolute atomic E-state index is 0.0120. The molecule has 152 valence electrons. The van der Waals surface area contributed by atoms with E-state index in [1.165, 1.54) is 12.3 Å². The summed E-state index contributed by atoms with van der Waals surface area (Å²) in [4.78, 5) is 16.5. The van der Waals surface area contributed by atoms with E-state index in [0.717, 1.165) is 24.1 Å². The van der Waals surface area contributed by atoms with Crippen LogP contribution in [0.5, 0.6) is 0 Å². The van der Waals surface area contributed by atoms with Gasteiger partial charge in [-0.25, -0.2) is 13.8 Å². The number of rotatable bonds is 8. The van der Waals surface area contributed by atoms with E-state index in [9.17, 15) is 13.6 Å². The molecule has 0 fully saturated rings. The van der Waals surface area contributed by atoms with Crippen molar-refractivity contribution in [2.75, 3.05) is 0 Å². The van der Waals surface area contributed by atoms with Crippen LogP contribution in [0.15, 0.2) is 59.1 Å². The highest BCUT2D eigenvalue weighted by atomic mass is 19.1. The summed E-state index contributed by atoms with van der Waals surface area (Å²) in [7, 11) is 0. The first-order chi connectivity index (χ1) is 13.9. The van der Waals surface area contributed by atoms with Crippen LogP contribution in [0.2, 0.25) is 0 Å². The second-order valence-electron chi connectivity index (χ2n) is 7.38. The van der Waals surface area contributed by atoms with E-state index in [0.29, 0.717) is 5.92 Å². The Morgan fingerprint density at radius 3 is 2.41 bits per heavy atom. The fraction of sp³-hybridized carbons (Fsp3) is 0.304. The highest BCUT2D eigenvalue weighted by Gasteiger charge is 2.18. The third kappa shape index (κ3) is 5.50. The van der Waals surface area contributed by atoms with Crippen LogP contribution in [0.3, 0.4) is 0 Å². The number of aryl methyl sites for hydroxylation is 1. The van der Waals surface area contributed by atoms with E-state index in [1.807, 2.05) is 30.3 Å². The maximum Gasteiger partial charge on any atom is 0.220 e. The van der Waals surface area contributed by atoms with Crippen molar-refractivity contribution >= 4 is 5.91 Å². The average molecular weight is 398 g/mol. The van der Waals surface area contributed by atoms with E-state index >= 15 is 0 Å². The molecular formula is C23H24F2N2O2. The maximum atomic E-state index is 13.9. The summed E-state index contributed by atoms with van der Waals surface area (Å²) in [5.41, 5.74) is 0.805. The Hall–Kier alpha value is -3.02. The van der Waals surface area contributed by atoms with E-state index in [1.54, 1.807) is 0 Å². The Labute approximate surface area is 169 Å². The number of aromatic nitrogens is 1. The number of oxazole rings is 1. The molecule has 3 rings (SSSR count). The smallest absolute Gasteiger partial charge is 0.220 e. The zero-order valence-electron chi connectivity index (χ0n) is 16.5. The van der Waals surface area contributed by atoms with Crippen LogP contribution < -0.4 is 5.32 Å². The first-order valence-electron chi connectivity index (χ1n) is 9.67. The van der Waals surface area contributed by atoms with Crippen LogP contribution in [0.25, 0.3) is 11.3 Å². The normalized spacial score (nSPS) is 12.2. The number of halogens is 2. The summed E-state index contributed by atoms with van der Waals surface area (Å²) in [6, 6.07) is 13.4. The number of carbonyl (C=O) groups is 1. The lowest BCUT2D eigenvalue weighted by atomic mass is 9.97. The predicted octanol–water partition coefficient (Wildman–Crippen LogP) is 5.46. The molecule has 0 radical (unpaired) electrons. The Kier molecular flexibility index (Phi) is 6.75. The van der Waals surface area contributed by atoms with Crippen LogP contribution in [0.4, 0.5) is 8.78 Å². The molecule has 0 saturated heterocycles. The summed E-state index contributed by atoms with van der Waals surface area (Å²) in [6.45, 7) is 4.22. The summed E-state index contributed by atoms with van der Waals surface area (Å²) < 4.78 is 33.2. The Morgan fingerprint density at radius 2 is 1.76 bits per heavy atom. The number of amides is 1. The number of hydrogen-bond acceptors (Lipinski definition) is 3. The molecular weight excluding hydrogens is 374 g/mol. The lowest BCUT2D eigenvalue weighted by Crippen LogP contribution is -2.29. The van der Waals surface area contributed by atoms with Gasteiger partial charge in [-0.15, -0.1) is 0 Å². The molecule has 0 aliphatic heterocycles. The molecule has 0 saturated carbocycles. The van der Waals surface area contributed by atoms with Crippen LogP contribution in [0.1, 0.15) is 44.2 Å². The van der Waals surface area contributed by atoms with Crippen molar-refractivity contribution in [1.82, 2.24) is 10.3 Å². The van der Waals surface area contributed by atoms with Gasteiger partial charge in [-0.3, -0.25) is 4.79 Å². The van der Waals surface area contributed by atoms with Crippen molar-refractivity contribution in [3.05, 3.63) is 77.8 Å². The molecule has 0 bridgehead atoms. The fourth-order valence-corrected chi connectivity index (χ4v) is 3.20. The second-order valence-corrected chi connectivity index (χ2v) is 7.38. The number of nitrogens with one attached hydrogen (secondary N) is 1. The lowest BCUT2D eigenvalue weighted by Gasteiger charge is -2.21. The predicted molar refractivity (Wildman–Crippen MR) is 107 cm³/mol. The third-order valence-electron chi connectivity index (χ3n) is 4.57. The molecule has 1 N–H and O–H groups in total. The molecule has 29 heavy (non-hydrogen) atoms. The molecule has 0 spiro atoms. The second kappa shape index (κ2) is 9.45. The first-order valence-corrected chi connectivity index (χ1v) is 9.67. The van der Waals surface area contributed by atoms with Gasteiger partial charge >= 0.3 is 0 Å². The number of carbonyl (C=O) groups excluding carboxylic acids is 1. The molecule has 1 atom stereocenters. The minimum Gasteiger partial charge on any atom is -0.441 e. The minimum atomic E-state index is -0.718. The van der Waals surface area contributed by atoms with Crippen LogP contribution in [-0.4, -0.2) is 10.9 Å². The van der Waals surface area contributed by atoms with Crippen molar-refractivity contribution in [3.63, 3.8) is 0 Å². The van der Waals surface area contributed by atoms with Crippen molar-refractivity contribution in [2.45, 2.75) is 39.2 Å². The molecule has 2 aromatic carbocycles. The summed E-state index contributed by atoms with van der Waals surface area (Å²) in [6.07, 6.45) is 2.51. The molecule has 1 heterocycles. The van der Waals surface area contributed by atoms with Crippen molar-refractivity contribution in [2.24, 2.45) is 5.92 Å². The van der Waals surface area contributed by atoms with E-state index in [2.05, 4.69) is 24.1 Å². The summed E-state index contributed by atoms with van der Waals surface area (Å²) in [5, 5.41) is 3.06. The van der Waals surface area contributed by atoms with E-state index < -0.39 is 11.6 Å². The molecule has 1 amide bonds. The molecule has 0 unspecified atom stereocenters. The SMILES string of the molecule is CC(C)C[C@@H](NC(=O)CCc1ncc(-c2c(F)cccc2F)o1)c1ccccc1. The lowest BCUT2D eigenvalue weighted by molar-refractivity contribution is -0.122. The number of hydrogen-bond donors (Lipinski definition) is 1. The standard InChI is InChI=1S/C23H24F2N2O2/c1-15(2)13-19(16-7-4-3-5-8-16)27-21(28)11-12-22-26-14-20(29-22)23-17(24)9-6-10-18(23)25/h3-10,14-15,19H,11-13H2,1-2H3,(H,27,28)/t19-/m1/s1.